The molecule has 0 aromatic carbocycles. The fraction of sp³-hybridized carbons (Fsp3) is 1.00. The van der Waals surface area contributed by atoms with Crippen LogP contribution in [0.25, 0.3) is 0 Å². The van der Waals surface area contributed by atoms with Gasteiger partial charge in [-0.25, -0.2) is 0 Å². The molecule has 0 radical (unpaired) electrons. The van der Waals surface area contributed by atoms with Gasteiger partial charge in [0, 0.05) is 6.04 Å². The Morgan fingerprint density at radius 3 is 2.73 bits per heavy atom. The maximum absolute atomic E-state index is 3.65. The van der Waals surface area contributed by atoms with E-state index in [9.17, 15) is 0 Å². The molecular formula is C10H19N. The van der Waals surface area contributed by atoms with Crippen LogP contribution in [0.15, 0.2) is 0 Å². The van der Waals surface area contributed by atoms with E-state index in [0.29, 0.717) is 0 Å². The van der Waals surface area contributed by atoms with E-state index in [2.05, 4.69) is 12.2 Å². The second kappa shape index (κ2) is 3.14. The highest BCUT2D eigenvalue weighted by atomic mass is 14.9. The van der Waals surface area contributed by atoms with Gasteiger partial charge in [-0.05, 0) is 37.6 Å². The zero-order valence-electron chi connectivity index (χ0n) is 7.47. The Labute approximate surface area is 69.6 Å². The summed E-state index contributed by atoms with van der Waals surface area (Å²) in [5.41, 5.74) is 0. The van der Waals surface area contributed by atoms with Gasteiger partial charge in [-0.2, -0.15) is 0 Å². The molecule has 1 heterocycles. The van der Waals surface area contributed by atoms with Crippen molar-refractivity contribution in [2.45, 2.75) is 45.1 Å². The number of hydrogen-bond donors (Lipinski definition) is 1. The van der Waals surface area contributed by atoms with Crippen LogP contribution < -0.4 is 5.32 Å². The molecule has 1 saturated carbocycles. The van der Waals surface area contributed by atoms with Crippen LogP contribution in [0.5, 0.6) is 0 Å². The summed E-state index contributed by atoms with van der Waals surface area (Å²) in [6.07, 6.45) is 7.27. The molecule has 2 rings (SSSR count). The number of rotatable bonds is 0. The van der Waals surface area contributed by atoms with Gasteiger partial charge in [0.15, 0.2) is 0 Å². The van der Waals surface area contributed by atoms with Crippen LogP contribution in [0.2, 0.25) is 0 Å². The third-order valence-corrected chi connectivity index (χ3v) is 3.56. The van der Waals surface area contributed by atoms with Gasteiger partial charge in [0.05, 0.1) is 0 Å². The molecule has 1 aliphatic heterocycles. The smallest absolute Gasteiger partial charge is 0.00978 e. The molecule has 1 saturated heterocycles. The minimum Gasteiger partial charge on any atom is -0.314 e. The molecule has 1 N–H and O–H groups in total. The van der Waals surface area contributed by atoms with Crippen LogP contribution >= 0.6 is 0 Å². The van der Waals surface area contributed by atoms with Crippen LogP contribution in [0.4, 0.5) is 0 Å². The number of fused-ring (bicyclic) bond motifs is 1. The Hall–Kier alpha value is -0.0400. The Balaban J connectivity index is 1.99. The van der Waals surface area contributed by atoms with Crippen molar-refractivity contribution in [1.29, 1.82) is 0 Å². The van der Waals surface area contributed by atoms with E-state index < -0.39 is 0 Å². The Morgan fingerprint density at radius 1 is 1.09 bits per heavy atom. The number of nitrogens with one attached hydrogen (secondary N) is 1. The summed E-state index contributed by atoms with van der Waals surface area (Å²) < 4.78 is 0. The molecule has 0 bridgehead atoms. The lowest BCUT2D eigenvalue weighted by Gasteiger charge is -2.40. The highest BCUT2D eigenvalue weighted by Gasteiger charge is 2.31. The third kappa shape index (κ3) is 1.44. The molecule has 3 atom stereocenters. The van der Waals surface area contributed by atoms with Gasteiger partial charge in [0.1, 0.15) is 0 Å². The molecule has 2 aliphatic rings. The molecule has 1 aliphatic carbocycles. The minimum absolute atomic E-state index is 0.882. The van der Waals surface area contributed by atoms with Gasteiger partial charge < -0.3 is 5.32 Å². The average Bonchev–Trinajstić information content (AvgIpc) is 2.06. The zero-order valence-corrected chi connectivity index (χ0v) is 7.47. The van der Waals surface area contributed by atoms with Crippen molar-refractivity contribution >= 4 is 0 Å². The predicted molar refractivity (Wildman–Crippen MR) is 47.5 cm³/mol. The highest BCUT2D eigenvalue weighted by Crippen LogP contribution is 2.34. The summed E-state index contributed by atoms with van der Waals surface area (Å²) in [5, 5.41) is 3.65. The molecule has 1 nitrogen and oxygen atoms in total. The number of piperidine rings is 1. The zero-order chi connectivity index (χ0) is 7.68. The molecule has 2 fully saturated rings. The molecule has 64 valence electrons. The van der Waals surface area contributed by atoms with Crippen LogP contribution in [-0.4, -0.2) is 12.6 Å². The summed E-state index contributed by atoms with van der Waals surface area (Å²) in [6.45, 7) is 3.70. The fourth-order valence-corrected chi connectivity index (χ4v) is 2.80. The first-order valence-electron chi connectivity index (χ1n) is 5.11. The molecule has 11 heavy (non-hydrogen) atoms. The molecule has 1 heteroatoms. The largest absolute Gasteiger partial charge is 0.314 e. The summed E-state index contributed by atoms with van der Waals surface area (Å²) in [7, 11) is 0. The Bertz CT molecular complexity index is 131. The quantitative estimate of drug-likeness (QED) is 0.562. The molecule has 0 aromatic rings. The van der Waals surface area contributed by atoms with Gasteiger partial charge >= 0.3 is 0 Å². The maximum Gasteiger partial charge on any atom is 0.00978 e. The highest BCUT2D eigenvalue weighted by molar-refractivity contribution is 4.87. The molecular weight excluding hydrogens is 134 g/mol. The van der Waals surface area contributed by atoms with Crippen LogP contribution in [0, 0.1) is 11.8 Å². The van der Waals surface area contributed by atoms with E-state index >= 15 is 0 Å². The summed E-state index contributed by atoms with van der Waals surface area (Å²) in [4.78, 5) is 0. The Morgan fingerprint density at radius 2 is 1.91 bits per heavy atom. The maximum atomic E-state index is 3.65. The lowest BCUT2D eigenvalue weighted by Crippen LogP contribution is -2.46. The second-order valence-electron chi connectivity index (χ2n) is 4.27. The van der Waals surface area contributed by atoms with E-state index in [1.54, 1.807) is 0 Å². The molecule has 0 amide bonds. The Kier molecular flexibility index (Phi) is 2.17. The van der Waals surface area contributed by atoms with E-state index in [1.807, 2.05) is 0 Å². The normalized spacial score (nSPS) is 45.0. The predicted octanol–water partition coefficient (Wildman–Crippen LogP) is 2.17. The monoisotopic (exact) mass is 153 g/mol. The van der Waals surface area contributed by atoms with Crippen molar-refractivity contribution in [3.63, 3.8) is 0 Å². The van der Waals surface area contributed by atoms with Crippen LogP contribution in [0.1, 0.15) is 39.0 Å². The summed E-state index contributed by atoms with van der Waals surface area (Å²) in [5.74, 6) is 2.00. The van der Waals surface area contributed by atoms with E-state index in [1.165, 1.54) is 38.6 Å². The molecule has 0 unspecified atom stereocenters. The van der Waals surface area contributed by atoms with Crippen LogP contribution in [-0.2, 0) is 0 Å². The lowest BCUT2D eigenvalue weighted by molar-refractivity contribution is 0.151. The van der Waals surface area contributed by atoms with E-state index in [-0.39, 0.29) is 0 Å². The minimum atomic E-state index is 0.882. The van der Waals surface area contributed by atoms with E-state index in [4.69, 9.17) is 0 Å². The third-order valence-electron chi connectivity index (χ3n) is 3.56. The molecule has 0 aromatic heterocycles. The van der Waals surface area contributed by atoms with Crippen LogP contribution in [0.3, 0.4) is 0 Å². The number of hydrogen-bond acceptors (Lipinski definition) is 1. The SMILES string of the molecule is C[C@@H]1CCN[C@H]2CCCC[C@@H]12. The van der Waals surface area contributed by atoms with Gasteiger partial charge in [0.2, 0.25) is 0 Å². The fourth-order valence-electron chi connectivity index (χ4n) is 2.80. The first kappa shape index (κ1) is 7.60. The standard InChI is InChI=1S/C10H19N/c1-8-6-7-11-10-5-3-2-4-9(8)10/h8-11H,2-7H2,1H3/t8-,9+,10+/m1/s1. The lowest BCUT2D eigenvalue weighted by atomic mass is 9.74. The van der Waals surface area contributed by atoms with Crippen molar-refractivity contribution in [1.82, 2.24) is 5.32 Å². The van der Waals surface area contributed by atoms with Gasteiger partial charge in [-0.15, -0.1) is 0 Å². The molecule has 0 spiro atoms. The van der Waals surface area contributed by atoms with Gasteiger partial charge in [-0.3, -0.25) is 0 Å². The van der Waals surface area contributed by atoms with Crippen molar-refractivity contribution < 1.29 is 0 Å². The summed E-state index contributed by atoms with van der Waals surface area (Å²) in [6, 6.07) is 0.882. The summed E-state index contributed by atoms with van der Waals surface area (Å²) >= 11 is 0. The van der Waals surface area contributed by atoms with Crippen molar-refractivity contribution in [3.05, 3.63) is 0 Å². The average molecular weight is 153 g/mol. The van der Waals surface area contributed by atoms with Crippen molar-refractivity contribution in [2.75, 3.05) is 6.54 Å². The first-order valence-corrected chi connectivity index (χ1v) is 5.11. The van der Waals surface area contributed by atoms with E-state index in [0.717, 1.165) is 17.9 Å². The van der Waals surface area contributed by atoms with Gasteiger partial charge in [0.25, 0.3) is 0 Å². The van der Waals surface area contributed by atoms with Crippen molar-refractivity contribution in [2.24, 2.45) is 11.8 Å². The second-order valence-corrected chi connectivity index (χ2v) is 4.27. The van der Waals surface area contributed by atoms with Crippen molar-refractivity contribution in [3.8, 4) is 0 Å². The first-order chi connectivity index (χ1) is 5.38. The topological polar surface area (TPSA) is 12.0 Å². The van der Waals surface area contributed by atoms with Gasteiger partial charge in [-0.1, -0.05) is 19.8 Å².